The summed E-state index contributed by atoms with van der Waals surface area (Å²) in [6.07, 6.45) is 0. The second-order valence-electron chi connectivity index (χ2n) is 6.47. The van der Waals surface area contributed by atoms with Gasteiger partial charge in [0.1, 0.15) is 27.4 Å². The van der Waals surface area contributed by atoms with Crippen molar-refractivity contribution >= 4 is 39.9 Å². The Labute approximate surface area is 169 Å². The van der Waals surface area contributed by atoms with E-state index in [0.29, 0.717) is 33.0 Å². The van der Waals surface area contributed by atoms with Crippen LogP contribution in [0.25, 0.3) is 16.6 Å². The Morgan fingerprint density at radius 1 is 1.07 bits per heavy atom. The molecule has 0 bridgehead atoms. The van der Waals surface area contributed by atoms with E-state index in [4.69, 9.17) is 0 Å². The number of aromatic nitrogens is 4. The highest BCUT2D eigenvalue weighted by atomic mass is 32.2. The molecule has 0 radical (unpaired) electrons. The average molecular weight is 398 g/mol. The molecule has 0 amide bonds. The third-order valence-corrected chi connectivity index (χ3v) is 5.71. The lowest BCUT2D eigenvalue weighted by Crippen LogP contribution is -2.17. The Bertz CT molecular complexity index is 1350. The van der Waals surface area contributed by atoms with E-state index in [0.717, 1.165) is 16.7 Å². The van der Waals surface area contributed by atoms with Crippen LogP contribution in [0.2, 0.25) is 0 Å². The molecule has 0 unspecified atom stereocenters. The van der Waals surface area contributed by atoms with E-state index >= 15 is 0 Å². The molecule has 0 atom stereocenters. The van der Waals surface area contributed by atoms with Gasteiger partial charge in [0.25, 0.3) is 5.56 Å². The Kier molecular flexibility index (Phi) is 3.96. The Balaban J connectivity index is 1.78. The number of rotatable bonds is 2. The Hall–Kier alpha value is -3.83. The SMILES string of the molecule is Cc1nc2c(c(=O)[nH]1)S/C(=C(/C#N)c1nc3ccccc3[nH]1)N2c1ccccc1. The molecule has 3 heterocycles. The first-order valence-electron chi connectivity index (χ1n) is 8.89. The van der Waals surface area contributed by atoms with Crippen LogP contribution in [-0.4, -0.2) is 19.9 Å². The number of fused-ring (bicyclic) bond motifs is 2. The van der Waals surface area contributed by atoms with Gasteiger partial charge in [0.05, 0.1) is 11.0 Å². The molecule has 0 spiro atoms. The number of para-hydroxylation sites is 3. The fourth-order valence-electron chi connectivity index (χ4n) is 3.29. The molecule has 0 fully saturated rings. The Morgan fingerprint density at radius 3 is 2.59 bits per heavy atom. The first-order valence-corrected chi connectivity index (χ1v) is 9.71. The smallest absolute Gasteiger partial charge is 0.267 e. The number of benzene rings is 2. The van der Waals surface area contributed by atoms with Crippen LogP contribution in [0.15, 0.2) is 69.3 Å². The van der Waals surface area contributed by atoms with Gasteiger partial charge in [0.15, 0.2) is 11.6 Å². The second kappa shape index (κ2) is 6.65. The first kappa shape index (κ1) is 17.3. The molecule has 7 nitrogen and oxygen atoms in total. The number of allylic oxidation sites excluding steroid dienone is 1. The van der Waals surface area contributed by atoms with Gasteiger partial charge < -0.3 is 9.97 Å². The maximum atomic E-state index is 12.6. The zero-order valence-corrected chi connectivity index (χ0v) is 16.1. The molecule has 2 N–H and O–H groups in total. The molecule has 1 aliphatic heterocycles. The van der Waals surface area contributed by atoms with Gasteiger partial charge in [0.2, 0.25) is 0 Å². The van der Waals surface area contributed by atoms with Crippen molar-refractivity contribution in [1.29, 1.82) is 5.26 Å². The number of hydrogen-bond acceptors (Lipinski definition) is 6. The molecule has 8 heteroatoms. The number of thioether (sulfide) groups is 1. The summed E-state index contributed by atoms with van der Waals surface area (Å²) in [5, 5.41) is 10.6. The van der Waals surface area contributed by atoms with Gasteiger partial charge in [0, 0.05) is 5.69 Å². The molecule has 2 aromatic carbocycles. The number of nitrogens with one attached hydrogen (secondary N) is 2. The molecular formula is C21H14N6OS. The number of anilines is 2. The van der Waals surface area contributed by atoms with Crippen molar-refractivity contribution in [2.24, 2.45) is 0 Å². The van der Waals surface area contributed by atoms with E-state index in [1.54, 1.807) is 6.92 Å². The number of nitrogens with zero attached hydrogens (tertiary/aromatic N) is 4. The van der Waals surface area contributed by atoms with Crippen molar-refractivity contribution in [1.82, 2.24) is 19.9 Å². The highest BCUT2D eigenvalue weighted by Gasteiger charge is 2.34. The zero-order valence-electron chi connectivity index (χ0n) is 15.3. The van der Waals surface area contributed by atoms with Crippen LogP contribution in [0.1, 0.15) is 11.6 Å². The molecule has 140 valence electrons. The number of aryl methyl sites for hydroxylation is 1. The summed E-state index contributed by atoms with van der Waals surface area (Å²) in [6.45, 7) is 1.74. The number of hydrogen-bond donors (Lipinski definition) is 2. The van der Waals surface area contributed by atoms with E-state index in [-0.39, 0.29) is 5.56 Å². The monoisotopic (exact) mass is 398 g/mol. The molecule has 5 rings (SSSR count). The van der Waals surface area contributed by atoms with E-state index in [9.17, 15) is 10.1 Å². The van der Waals surface area contributed by atoms with E-state index in [1.165, 1.54) is 11.8 Å². The number of aromatic amines is 2. The molecule has 0 saturated carbocycles. The minimum absolute atomic E-state index is 0.227. The van der Waals surface area contributed by atoms with Crippen molar-refractivity contribution in [2.75, 3.05) is 4.90 Å². The first-order chi connectivity index (χ1) is 14.2. The van der Waals surface area contributed by atoms with E-state index in [1.807, 2.05) is 59.5 Å². The highest BCUT2D eigenvalue weighted by Crippen LogP contribution is 2.49. The summed E-state index contributed by atoms with van der Waals surface area (Å²) in [5.74, 6) is 1.48. The van der Waals surface area contributed by atoms with Crippen molar-refractivity contribution in [3.05, 3.63) is 81.6 Å². The van der Waals surface area contributed by atoms with Crippen molar-refractivity contribution < 1.29 is 0 Å². The normalized spacial score (nSPS) is 14.7. The summed E-state index contributed by atoms with van der Waals surface area (Å²) in [6, 6.07) is 19.4. The maximum Gasteiger partial charge on any atom is 0.267 e. The Morgan fingerprint density at radius 2 is 1.83 bits per heavy atom. The summed E-state index contributed by atoms with van der Waals surface area (Å²) in [7, 11) is 0. The summed E-state index contributed by atoms with van der Waals surface area (Å²) < 4.78 is 0. The van der Waals surface area contributed by atoms with Crippen molar-refractivity contribution in [3.8, 4) is 6.07 Å². The van der Waals surface area contributed by atoms with Crippen LogP contribution in [-0.2, 0) is 0 Å². The molecule has 4 aromatic rings. The van der Waals surface area contributed by atoms with Gasteiger partial charge in [-0.25, -0.2) is 9.97 Å². The van der Waals surface area contributed by atoms with Crippen LogP contribution < -0.4 is 10.5 Å². The average Bonchev–Trinajstić information content (AvgIpc) is 3.31. The van der Waals surface area contributed by atoms with Gasteiger partial charge in [-0.1, -0.05) is 42.1 Å². The van der Waals surface area contributed by atoms with Crippen LogP contribution in [0, 0.1) is 18.3 Å². The molecule has 2 aromatic heterocycles. The maximum absolute atomic E-state index is 12.6. The van der Waals surface area contributed by atoms with Gasteiger partial charge >= 0.3 is 0 Å². The molecule has 0 saturated heterocycles. The quantitative estimate of drug-likeness (QED) is 0.493. The summed E-state index contributed by atoms with van der Waals surface area (Å²) in [5.41, 5.74) is 2.56. The van der Waals surface area contributed by atoms with Crippen molar-refractivity contribution in [3.63, 3.8) is 0 Å². The van der Waals surface area contributed by atoms with Crippen LogP contribution in [0.3, 0.4) is 0 Å². The lowest BCUT2D eigenvalue weighted by molar-refractivity contribution is 0.957. The lowest BCUT2D eigenvalue weighted by atomic mass is 10.2. The minimum atomic E-state index is -0.227. The number of imidazole rings is 1. The van der Waals surface area contributed by atoms with Gasteiger partial charge in [-0.05, 0) is 31.2 Å². The largest absolute Gasteiger partial charge is 0.337 e. The third-order valence-electron chi connectivity index (χ3n) is 4.56. The topological polar surface area (TPSA) is 101 Å². The second-order valence-corrected chi connectivity index (χ2v) is 7.47. The van der Waals surface area contributed by atoms with Crippen LogP contribution in [0.5, 0.6) is 0 Å². The van der Waals surface area contributed by atoms with E-state index < -0.39 is 0 Å². The van der Waals surface area contributed by atoms with Crippen LogP contribution >= 0.6 is 11.8 Å². The molecule has 0 aliphatic carbocycles. The third kappa shape index (κ3) is 2.80. The molecule has 1 aliphatic rings. The molecule has 29 heavy (non-hydrogen) atoms. The van der Waals surface area contributed by atoms with Gasteiger partial charge in [-0.15, -0.1) is 0 Å². The highest BCUT2D eigenvalue weighted by molar-refractivity contribution is 8.04. The summed E-state index contributed by atoms with van der Waals surface area (Å²) >= 11 is 1.23. The standard InChI is InChI=1S/C21H14N6OS/c1-12-23-19-17(20(28)24-12)29-21(27(19)13-7-3-2-4-8-13)14(11-22)18-25-15-9-5-6-10-16(15)26-18/h2-10H,1H3,(H,25,26)(H,23,24,28)/b21-14-. The van der Waals surface area contributed by atoms with E-state index in [2.05, 4.69) is 26.0 Å². The fourth-order valence-corrected chi connectivity index (χ4v) is 4.39. The van der Waals surface area contributed by atoms with Crippen molar-refractivity contribution in [2.45, 2.75) is 11.8 Å². The predicted molar refractivity (Wildman–Crippen MR) is 113 cm³/mol. The van der Waals surface area contributed by atoms with Crippen LogP contribution in [0.4, 0.5) is 11.5 Å². The molecular weight excluding hydrogens is 384 g/mol. The lowest BCUT2D eigenvalue weighted by Gasteiger charge is -2.20. The predicted octanol–water partition coefficient (Wildman–Crippen LogP) is 4.09. The minimum Gasteiger partial charge on any atom is -0.337 e. The van der Waals surface area contributed by atoms with Gasteiger partial charge in [-0.3, -0.25) is 9.69 Å². The zero-order chi connectivity index (χ0) is 20.0. The fraction of sp³-hybridized carbons (Fsp3) is 0.0476. The number of nitriles is 1. The number of H-pyrrole nitrogens is 2. The van der Waals surface area contributed by atoms with Gasteiger partial charge in [-0.2, -0.15) is 5.26 Å². The summed E-state index contributed by atoms with van der Waals surface area (Å²) in [4.78, 5) is 29.9.